The van der Waals surface area contributed by atoms with Crippen molar-refractivity contribution in [2.75, 3.05) is 24.5 Å². The van der Waals surface area contributed by atoms with Crippen LogP contribution in [0.2, 0.25) is 0 Å². The second-order valence-electron chi connectivity index (χ2n) is 8.31. The highest BCUT2D eigenvalue weighted by atomic mass is 19.1. The summed E-state index contributed by atoms with van der Waals surface area (Å²) in [5.74, 6) is 0.0263. The molecule has 0 radical (unpaired) electrons. The van der Waals surface area contributed by atoms with E-state index in [1.54, 1.807) is 6.07 Å². The number of halogens is 1. The van der Waals surface area contributed by atoms with Crippen LogP contribution in [0, 0.1) is 17.2 Å². The largest absolute Gasteiger partial charge is 0.369 e. The summed E-state index contributed by atoms with van der Waals surface area (Å²) in [6.45, 7) is 6.58. The van der Waals surface area contributed by atoms with Gasteiger partial charge in [0.1, 0.15) is 5.82 Å². The minimum atomic E-state index is -0.188. The number of hydrogen-bond donors (Lipinski definition) is 2. The molecule has 1 aromatic carbocycles. The third-order valence-corrected chi connectivity index (χ3v) is 5.51. The molecule has 4 rings (SSSR count). The summed E-state index contributed by atoms with van der Waals surface area (Å²) >= 11 is 0. The van der Waals surface area contributed by atoms with Gasteiger partial charge in [-0.2, -0.15) is 5.10 Å². The number of H-pyrrole nitrogens is 1. The van der Waals surface area contributed by atoms with Gasteiger partial charge in [-0.25, -0.2) is 4.39 Å². The van der Waals surface area contributed by atoms with Gasteiger partial charge in [0.25, 0.3) is 5.91 Å². The fourth-order valence-corrected chi connectivity index (χ4v) is 4.19. The van der Waals surface area contributed by atoms with Gasteiger partial charge in [-0.15, -0.1) is 0 Å². The highest BCUT2D eigenvalue weighted by Gasteiger charge is 2.34. The topological polar surface area (TPSA) is 61.0 Å². The minimum Gasteiger partial charge on any atom is -0.369 e. The van der Waals surface area contributed by atoms with Gasteiger partial charge in [0.05, 0.1) is 5.69 Å². The predicted octanol–water partition coefficient (Wildman–Crippen LogP) is 2.93. The van der Waals surface area contributed by atoms with E-state index in [1.165, 1.54) is 6.07 Å². The van der Waals surface area contributed by atoms with Crippen molar-refractivity contribution in [3.8, 4) is 0 Å². The van der Waals surface area contributed by atoms with Crippen LogP contribution >= 0.6 is 0 Å². The Morgan fingerprint density at radius 1 is 1.38 bits per heavy atom. The Morgan fingerprint density at radius 2 is 2.19 bits per heavy atom. The predicted molar refractivity (Wildman–Crippen MR) is 98.8 cm³/mol. The Kier molecular flexibility index (Phi) is 4.21. The molecule has 2 aromatic rings. The molecule has 1 fully saturated rings. The summed E-state index contributed by atoms with van der Waals surface area (Å²) in [7, 11) is 0. The van der Waals surface area contributed by atoms with Crippen LogP contribution in [0.25, 0.3) is 0 Å². The molecular weight excluding hydrogens is 331 g/mol. The highest BCUT2D eigenvalue weighted by molar-refractivity contribution is 5.94. The number of aromatic amines is 1. The van der Waals surface area contributed by atoms with Crippen LogP contribution in [0.4, 0.5) is 10.1 Å². The van der Waals surface area contributed by atoms with Gasteiger partial charge in [-0.3, -0.25) is 9.89 Å². The molecule has 1 aliphatic heterocycles. The summed E-state index contributed by atoms with van der Waals surface area (Å²) in [5, 5.41) is 10.3. The monoisotopic (exact) mass is 356 g/mol. The quantitative estimate of drug-likeness (QED) is 0.885. The molecule has 5 nitrogen and oxygen atoms in total. The smallest absolute Gasteiger partial charge is 0.272 e. The normalized spacial score (nSPS) is 21.0. The molecule has 1 aromatic heterocycles. The first kappa shape index (κ1) is 17.1. The molecule has 2 aliphatic rings. The lowest BCUT2D eigenvalue weighted by Gasteiger charge is -2.19. The Morgan fingerprint density at radius 3 is 3.00 bits per heavy atom. The number of carbonyl (C=O) groups excluding carboxylic acids is 1. The zero-order valence-electron chi connectivity index (χ0n) is 15.3. The third-order valence-electron chi connectivity index (χ3n) is 5.51. The SMILES string of the molecule is CC1(C)Cc2[nH]nc(C(=O)NCC3CCN(c4ccccc4F)C3)c2C1. The van der Waals surface area contributed by atoms with E-state index in [-0.39, 0.29) is 17.1 Å². The van der Waals surface area contributed by atoms with Crippen LogP contribution in [0.15, 0.2) is 24.3 Å². The summed E-state index contributed by atoms with van der Waals surface area (Å²) < 4.78 is 13.9. The van der Waals surface area contributed by atoms with E-state index < -0.39 is 0 Å². The van der Waals surface area contributed by atoms with Crippen LogP contribution in [0.3, 0.4) is 0 Å². The second-order valence-corrected chi connectivity index (χ2v) is 8.31. The highest BCUT2D eigenvalue weighted by Crippen LogP contribution is 2.36. The lowest BCUT2D eigenvalue weighted by atomic mass is 9.90. The average Bonchev–Trinajstić information content (AvgIpc) is 3.27. The number of amides is 1. The number of para-hydroxylation sites is 1. The number of nitrogens with one attached hydrogen (secondary N) is 2. The molecule has 2 heterocycles. The first-order chi connectivity index (χ1) is 12.4. The van der Waals surface area contributed by atoms with E-state index in [9.17, 15) is 9.18 Å². The Balaban J connectivity index is 1.35. The average molecular weight is 356 g/mol. The van der Waals surface area contributed by atoms with Crippen LogP contribution in [0.1, 0.15) is 42.0 Å². The molecule has 1 atom stereocenters. The first-order valence-electron chi connectivity index (χ1n) is 9.27. The van der Waals surface area contributed by atoms with Crippen molar-refractivity contribution in [2.24, 2.45) is 11.3 Å². The molecule has 138 valence electrons. The van der Waals surface area contributed by atoms with Crippen molar-refractivity contribution in [1.29, 1.82) is 0 Å². The van der Waals surface area contributed by atoms with Crippen molar-refractivity contribution in [1.82, 2.24) is 15.5 Å². The van der Waals surface area contributed by atoms with Gasteiger partial charge < -0.3 is 10.2 Å². The van der Waals surface area contributed by atoms with E-state index in [0.717, 1.165) is 43.6 Å². The Hall–Kier alpha value is -2.37. The molecule has 1 saturated heterocycles. The molecule has 1 unspecified atom stereocenters. The Labute approximate surface area is 153 Å². The number of fused-ring (bicyclic) bond motifs is 1. The molecule has 1 amide bonds. The standard InChI is InChI=1S/C20H25FN4O/c1-20(2)9-14-16(10-20)23-24-18(14)19(26)22-11-13-7-8-25(12-13)17-6-4-3-5-15(17)21/h3-6,13H,7-12H2,1-2H3,(H,22,26)(H,23,24). The minimum absolute atomic E-state index is 0.107. The van der Waals surface area contributed by atoms with Gasteiger partial charge in [0, 0.05) is 30.9 Å². The number of rotatable bonds is 4. The lowest BCUT2D eigenvalue weighted by molar-refractivity contribution is 0.0942. The van der Waals surface area contributed by atoms with Gasteiger partial charge in [-0.1, -0.05) is 26.0 Å². The molecule has 0 saturated carbocycles. The Bertz CT molecular complexity index is 829. The molecule has 1 aliphatic carbocycles. The van der Waals surface area contributed by atoms with E-state index >= 15 is 0 Å². The van der Waals surface area contributed by atoms with E-state index in [4.69, 9.17) is 0 Å². The fraction of sp³-hybridized carbons (Fsp3) is 0.500. The summed E-state index contributed by atoms with van der Waals surface area (Å²) in [4.78, 5) is 14.6. The molecule has 0 bridgehead atoms. The fourth-order valence-electron chi connectivity index (χ4n) is 4.19. The number of hydrogen-bond acceptors (Lipinski definition) is 3. The maximum Gasteiger partial charge on any atom is 0.272 e. The van der Waals surface area contributed by atoms with Gasteiger partial charge in [-0.05, 0) is 42.7 Å². The van der Waals surface area contributed by atoms with E-state index in [1.807, 2.05) is 12.1 Å². The van der Waals surface area contributed by atoms with E-state index in [2.05, 4.69) is 34.3 Å². The zero-order chi connectivity index (χ0) is 18.3. The van der Waals surface area contributed by atoms with Gasteiger partial charge >= 0.3 is 0 Å². The number of benzene rings is 1. The van der Waals surface area contributed by atoms with Crippen LogP contribution in [-0.2, 0) is 12.8 Å². The summed E-state index contributed by atoms with van der Waals surface area (Å²) in [6, 6.07) is 6.86. The van der Waals surface area contributed by atoms with Gasteiger partial charge in [0.15, 0.2) is 5.69 Å². The number of nitrogens with zero attached hydrogens (tertiary/aromatic N) is 2. The molecule has 0 spiro atoms. The number of anilines is 1. The van der Waals surface area contributed by atoms with Crippen LogP contribution < -0.4 is 10.2 Å². The summed E-state index contributed by atoms with van der Waals surface area (Å²) in [5.41, 5.74) is 3.52. The van der Waals surface area contributed by atoms with Crippen molar-refractivity contribution in [3.63, 3.8) is 0 Å². The molecular formula is C20H25FN4O. The van der Waals surface area contributed by atoms with Crippen molar-refractivity contribution in [3.05, 3.63) is 47.0 Å². The van der Waals surface area contributed by atoms with Crippen molar-refractivity contribution < 1.29 is 9.18 Å². The van der Waals surface area contributed by atoms with Gasteiger partial charge in [0.2, 0.25) is 0 Å². The van der Waals surface area contributed by atoms with Crippen molar-refractivity contribution in [2.45, 2.75) is 33.1 Å². The molecule has 2 N–H and O–H groups in total. The first-order valence-corrected chi connectivity index (χ1v) is 9.27. The number of carbonyl (C=O) groups is 1. The zero-order valence-corrected chi connectivity index (χ0v) is 15.3. The lowest BCUT2D eigenvalue weighted by Crippen LogP contribution is -2.32. The maximum atomic E-state index is 13.9. The molecule has 26 heavy (non-hydrogen) atoms. The second kappa shape index (κ2) is 6.41. The van der Waals surface area contributed by atoms with E-state index in [0.29, 0.717) is 23.8 Å². The maximum absolute atomic E-state index is 13.9. The van der Waals surface area contributed by atoms with Crippen LogP contribution in [-0.4, -0.2) is 35.7 Å². The number of aromatic nitrogens is 2. The third kappa shape index (κ3) is 3.20. The van der Waals surface area contributed by atoms with Crippen molar-refractivity contribution >= 4 is 11.6 Å². The van der Waals surface area contributed by atoms with Crippen LogP contribution in [0.5, 0.6) is 0 Å². The molecule has 6 heteroatoms. The summed E-state index contributed by atoms with van der Waals surface area (Å²) in [6.07, 6.45) is 2.76.